The van der Waals surface area contributed by atoms with Crippen molar-refractivity contribution in [1.82, 2.24) is 15.7 Å². The standard InChI is InChI=1S/C18H23N3O6S.C2H4/c1-21-11-18(12-21,28(2,26)27)15(17(24)20-25)19-16(23)14-8-6-13(7-9-14)5-3-4-10-22;1-2/h6-9,15,22,25H,4,10-12H2,1-2H3,(H,19,23)(H,20,24);1-2H2. The van der Waals surface area contributed by atoms with Gasteiger partial charge in [-0.15, -0.1) is 13.2 Å². The molecule has 1 saturated heterocycles. The molecule has 2 rings (SSSR count). The molecule has 30 heavy (non-hydrogen) atoms. The fourth-order valence-electron chi connectivity index (χ4n) is 3.14. The van der Waals surface area contributed by atoms with Crippen LogP contribution in [0.25, 0.3) is 0 Å². The van der Waals surface area contributed by atoms with Gasteiger partial charge in [0.1, 0.15) is 10.8 Å². The molecule has 4 N–H and O–H groups in total. The summed E-state index contributed by atoms with van der Waals surface area (Å²) in [6.07, 6.45) is 1.34. The molecule has 1 aromatic carbocycles. The van der Waals surface area contributed by atoms with Crippen molar-refractivity contribution in [3.05, 3.63) is 48.6 Å². The number of amides is 2. The molecular weight excluding hydrogens is 410 g/mol. The molecule has 0 bridgehead atoms. The van der Waals surface area contributed by atoms with Gasteiger partial charge in [-0.05, 0) is 31.3 Å². The highest BCUT2D eigenvalue weighted by atomic mass is 32.2. The van der Waals surface area contributed by atoms with E-state index in [0.29, 0.717) is 12.0 Å². The Morgan fingerprint density at radius 1 is 1.27 bits per heavy atom. The number of benzene rings is 1. The van der Waals surface area contributed by atoms with Crippen molar-refractivity contribution < 1.29 is 28.3 Å². The SMILES string of the molecule is C=C.CN1CC(C(NC(=O)c2ccc(C#CCCO)cc2)C(=O)NO)(S(C)(=O)=O)C1. The summed E-state index contributed by atoms with van der Waals surface area (Å²) >= 11 is 0. The zero-order valence-electron chi connectivity index (χ0n) is 17.0. The molecule has 0 aliphatic carbocycles. The second-order valence-electron chi connectivity index (χ2n) is 6.74. The fraction of sp³-hybridized carbons (Fsp3) is 0.400. The van der Waals surface area contributed by atoms with Gasteiger partial charge in [-0.25, -0.2) is 13.9 Å². The number of carbonyl (C=O) groups excluding carboxylic acids is 2. The van der Waals surface area contributed by atoms with Gasteiger partial charge < -0.3 is 15.3 Å². The topological polar surface area (TPSA) is 136 Å². The van der Waals surface area contributed by atoms with Crippen molar-refractivity contribution in [3.63, 3.8) is 0 Å². The summed E-state index contributed by atoms with van der Waals surface area (Å²) in [5, 5.41) is 20.2. The predicted molar refractivity (Wildman–Crippen MR) is 113 cm³/mol. The van der Waals surface area contributed by atoms with E-state index in [1.807, 2.05) is 0 Å². The van der Waals surface area contributed by atoms with Crippen LogP contribution < -0.4 is 10.8 Å². The molecule has 1 heterocycles. The second-order valence-corrected chi connectivity index (χ2v) is 9.10. The number of aliphatic hydroxyl groups excluding tert-OH is 1. The first-order chi connectivity index (χ1) is 14.1. The summed E-state index contributed by atoms with van der Waals surface area (Å²) in [6, 6.07) is 4.73. The maximum Gasteiger partial charge on any atom is 0.267 e. The molecule has 1 unspecified atom stereocenters. The molecular formula is C20H27N3O6S. The van der Waals surface area contributed by atoms with E-state index >= 15 is 0 Å². The number of hydrogen-bond donors (Lipinski definition) is 4. The number of sulfone groups is 1. The number of aliphatic hydroxyl groups is 1. The zero-order chi connectivity index (χ0) is 22.9. The van der Waals surface area contributed by atoms with Crippen molar-refractivity contribution in [2.75, 3.05) is 33.0 Å². The van der Waals surface area contributed by atoms with Crippen LogP contribution in [0.2, 0.25) is 0 Å². The number of nitrogens with zero attached hydrogens (tertiary/aromatic N) is 1. The average Bonchev–Trinajstić information content (AvgIpc) is 2.70. The van der Waals surface area contributed by atoms with Gasteiger partial charge in [0.15, 0.2) is 9.84 Å². The zero-order valence-corrected chi connectivity index (χ0v) is 17.8. The lowest BCUT2D eigenvalue weighted by Gasteiger charge is -2.50. The van der Waals surface area contributed by atoms with Gasteiger partial charge in [0.2, 0.25) is 0 Å². The molecule has 1 fully saturated rings. The van der Waals surface area contributed by atoms with Gasteiger partial charge in [-0.3, -0.25) is 14.8 Å². The quantitative estimate of drug-likeness (QED) is 0.205. The third-order valence-electron chi connectivity index (χ3n) is 4.60. The highest BCUT2D eigenvalue weighted by Gasteiger charge is 2.58. The molecule has 1 aliphatic heterocycles. The van der Waals surface area contributed by atoms with Crippen LogP contribution in [-0.2, 0) is 14.6 Å². The molecule has 0 radical (unpaired) electrons. The average molecular weight is 438 g/mol. The van der Waals surface area contributed by atoms with Crippen LogP contribution in [0.1, 0.15) is 22.3 Å². The predicted octanol–water partition coefficient (Wildman–Crippen LogP) is -0.445. The molecule has 0 spiro atoms. The lowest BCUT2D eigenvalue weighted by atomic mass is 9.89. The number of likely N-dealkylation sites (tertiary alicyclic amines) is 1. The Morgan fingerprint density at radius 3 is 2.27 bits per heavy atom. The van der Waals surface area contributed by atoms with Crippen molar-refractivity contribution >= 4 is 21.7 Å². The first kappa shape index (κ1) is 25.3. The molecule has 164 valence electrons. The van der Waals surface area contributed by atoms with Crippen LogP contribution in [0, 0.1) is 11.8 Å². The molecule has 9 nitrogen and oxygen atoms in total. The van der Waals surface area contributed by atoms with Crippen LogP contribution in [0.5, 0.6) is 0 Å². The minimum absolute atomic E-state index is 0.0426. The molecule has 2 amide bonds. The van der Waals surface area contributed by atoms with Crippen LogP contribution >= 0.6 is 0 Å². The van der Waals surface area contributed by atoms with Gasteiger partial charge in [0, 0.05) is 36.9 Å². The fourth-order valence-corrected chi connectivity index (χ4v) is 4.64. The number of rotatable bonds is 6. The minimum Gasteiger partial charge on any atom is -0.395 e. The van der Waals surface area contributed by atoms with Crippen molar-refractivity contribution in [2.45, 2.75) is 17.2 Å². The summed E-state index contributed by atoms with van der Waals surface area (Å²) in [4.78, 5) is 26.5. The maximum atomic E-state index is 12.6. The van der Waals surface area contributed by atoms with E-state index in [1.165, 1.54) is 17.6 Å². The van der Waals surface area contributed by atoms with E-state index < -0.39 is 32.4 Å². The Balaban J connectivity index is 0.00000218. The number of carbonyl (C=O) groups is 2. The molecule has 10 heteroatoms. The number of hydrogen-bond acceptors (Lipinski definition) is 7. The second kappa shape index (κ2) is 10.9. The largest absolute Gasteiger partial charge is 0.395 e. The third kappa shape index (κ3) is 5.67. The molecule has 0 aromatic heterocycles. The molecule has 1 aromatic rings. The monoisotopic (exact) mass is 437 g/mol. The highest BCUT2D eigenvalue weighted by Crippen LogP contribution is 2.32. The summed E-state index contributed by atoms with van der Waals surface area (Å²) in [6.45, 7) is 6.05. The Labute approximate surface area is 176 Å². The van der Waals surface area contributed by atoms with Crippen LogP contribution in [0.4, 0.5) is 0 Å². The van der Waals surface area contributed by atoms with E-state index in [9.17, 15) is 18.0 Å². The Bertz CT molecular complexity index is 912. The van der Waals surface area contributed by atoms with Crippen molar-refractivity contribution in [1.29, 1.82) is 0 Å². The van der Waals surface area contributed by atoms with Crippen LogP contribution in [-0.4, -0.2) is 79.2 Å². The Kier molecular flexibility index (Phi) is 9.20. The van der Waals surface area contributed by atoms with E-state index in [0.717, 1.165) is 6.26 Å². The molecule has 1 aliphatic rings. The summed E-state index contributed by atoms with van der Waals surface area (Å²) in [5.74, 6) is 3.93. The van der Waals surface area contributed by atoms with E-state index in [1.54, 1.807) is 24.1 Å². The van der Waals surface area contributed by atoms with Gasteiger partial charge >= 0.3 is 0 Å². The molecule has 0 saturated carbocycles. The van der Waals surface area contributed by atoms with E-state index in [2.05, 4.69) is 30.3 Å². The third-order valence-corrected chi connectivity index (χ3v) is 6.57. The van der Waals surface area contributed by atoms with Gasteiger partial charge in [0.05, 0.1) is 6.61 Å². The lowest BCUT2D eigenvalue weighted by molar-refractivity contribution is -0.133. The van der Waals surface area contributed by atoms with Gasteiger partial charge in [-0.2, -0.15) is 0 Å². The van der Waals surface area contributed by atoms with Crippen LogP contribution in [0.15, 0.2) is 37.4 Å². The number of nitrogens with one attached hydrogen (secondary N) is 2. The first-order valence-electron chi connectivity index (χ1n) is 8.97. The lowest BCUT2D eigenvalue weighted by Crippen LogP contribution is -2.76. The van der Waals surface area contributed by atoms with Crippen molar-refractivity contribution in [2.24, 2.45) is 0 Å². The van der Waals surface area contributed by atoms with Crippen LogP contribution in [0.3, 0.4) is 0 Å². The molecule has 1 atom stereocenters. The van der Waals surface area contributed by atoms with E-state index in [-0.39, 0.29) is 25.3 Å². The normalized spacial score (nSPS) is 15.9. The van der Waals surface area contributed by atoms with Gasteiger partial charge in [-0.1, -0.05) is 11.8 Å². The van der Waals surface area contributed by atoms with Crippen molar-refractivity contribution in [3.8, 4) is 11.8 Å². The Hall–Kier alpha value is -2.71. The summed E-state index contributed by atoms with van der Waals surface area (Å²) < 4.78 is 23.2. The van der Waals surface area contributed by atoms with Gasteiger partial charge in [0.25, 0.3) is 11.8 Å². The maximum absolute atomic E-state index is 12.6. The Morgan fingerprint density at radius 2 is 1.83 bits per heavy atom. The number of hydroxylamine groups is 1. The summed E-state index contributed by atoms with van der Waals surface area (Å²) in [7, 11) is -2.04. The first-order valence-corrected chi connectivity index (χ1v) is 10.9. The summed E-state index contributed by atoms with van der Waals surface area (Å²) in [5.41, 5.74) is 2.29. The minimum atomic E-state index is -3.73. The van der Waals surface area contributed by atoms with E-state index in [4.69, 9.17) is 10.3 Å². The smallest absolute Gasteiger partial charge is 0.267 e. The highest BCUT2D eigenvalue weighted by molar-refractivity contribution is 7.92.